The molecule has 0 radical (unpaired) electrons. The summed E-state index contributed by atoms with van der Waals surface area (Å²) in [5.74, 6) is 0.451. The normalized spacial score (nSPS) is 17.0. The largest absolute Gasteiger partial charge is 0.135 e. The number of thioether (sulfide) groups is 1. The van der Waals surface area contributed by atoms with Crippen molar-refractivity contribution < 1.29 is 0 Å². The molecular formula is C50H28S6. The lowest BCUT2D eigenvalue weighted by atomic mass is 9.92. The second-order valence-corrected chi connectivity index (χ2v) is 21.3. The number of benzene rings is 6. The molecule has 2 aliphatic rings. The minimum atomic E-state index is 0.451. The van der Waals surface area contributed by atoms with E-state index >= 15 is 0 Å². The van der Waals surface area contributed by atoms with Gasteiger partial charge in [-0.15, -0.1) is 68.4 Å². The van der Waals surface area contributed by atoms with Crippen LogP contribution < -0.4 is 0 Å². The first kappa shape index (κ1) is 32.3. The topological polar surface area (TPSA) is 0 Å². The second kappa shape index (κ2) is 12.4. The number of hydrogen-bond acceptors (Lipinski definition) is 6. The van der Waals surface area contributed by atoms with Crippen LogP contribution in [0.2, 0.25) is 0 Å². The van der Waals surface area contributed by atoms with Gasteiger partial charge < -0.3 is 0 Å². The number of hydrogen-bond donors (Lipinski definition) is 0. The van der Waals surface area contributed by atoms with E-state index in [2.05, 4.69) is 158 Å². The van der Waals surface area contributed by atoms with Crippen LogP contribution in [0, 0.1) is 5.92 Å². The Hall–Kier alpha value is -4.79. The highest BCUT2D eigenvalue weighted by molar-refractivity contribution is 8.09. The van der Waals surface area contributed by atoms with Crippen LogP contribution in [0.25, 0.3) is 101 Å². The molecule has 0 nitrogen and oxygen atoms in total. The predicted molar refractivity (Wildman–Crippen MR) is 256 cm³/mol. The van der Waals surface area contributed by atoms with Crippen molar-refractivity contribution in [2.45, 2.75) is 5.25 Å². The number of allylic oxidation sites excluding steroid dienone is 4. The lowest BCUT2D eigenvalue weighted by molar-refractivity contribution is 0.860. The van der Waals surface area contributed by atoms with Crippen LogP contribution in [0.1, 0.15) is 11.1 Å². The Balaban J connectivity index is 0.832. The van der Waals surface area contributed by atoms with Gasteiger partial charge in [0, 0.05) is 66.0 Å². The molecule has 264 valence electrons. The van der Waals surface area contributed by atoms with Crippen molar-refractivity contribution in [2.75, 3.05) is 0 Å². The molecule has 0 saturated carbocycles. The van der Waals surface area contributed by atoms with Gasteiger partial charge in [-0.2, -0.15) is 0 Å². The Morgan fingerprint density at radius 1 is 0.393 bits per heavy atom. The van der Waals surface area contributed by atoms with Gasteiger partial charge in [0.1, 0.15) is 0 Å². The van der Waals surface area contributed by atoms with Crippen LogP contribution in [0.5, 0.6) is 0 Å². The fourth-order valence-electron chi connectivity index (χ4n) is 8.58. The maximum atomic E-state index is 2.49. The summed E-state index contributed by atoms with van der Waals surface area (Å²) in [6.07, 6.45) is 9.64. The van der Waals surface area contributed by atoms with Gasteiger partial charge in [-0.1, -0.05) is 121 Å². The van der Waals surface area contributed by atoms with Gasteiger partial charge in [-0.25, -0.2) is 0 Å². The summed E-state index contributed by atoms with van der Waals surface area (Å²) in [5.41, 5.74) is 7.82. The summed E-state index contributed by atoms with van der Waals surface area (Å²) in [7, 11) is 0. The molecule has 6 heterocycles. The van der Waals surface area contributed by atoms with E-state index in [4.69, 9.17) is 0 Å². The van der Waals surface area contributed by atoms with Gasteiger partial charge in [0.05, 0.1) is 18.8 Å². The molecule has 13 rings (SSSR count). The third kappa shape index (κ3) is 5.00. The SMILES string of the molecule is C1=CC2C=C(c3ccc4c(c3)sc3c5cc6sc7c8ccc(-c9cc%10ccc(-c%11ccccc%11)cc%10s9)cc8sc7c6cc5sc43)SC2C=C1c1ccccc1. The Kier molecular flexibility index (Phi) is 7.13. The van der Waals surface area contributed by atoms with Crippen molar-refractivity contribution >= 4 is 148 Å². The predicted octanol–water partition coefficient (Wildman–Crippen LogP) is 17.1. The van der Waals surface area contributed by atoms with Crippen LogP contribution in [0.3, 0.4) is 0 Å². The van der Waals surface area contributed by atoms with Gasteiger partial charge in [0.2, 0.25) is 0 Å². The maximum Gasteiger partial charge on any atom is 0.0542 e. The molecule has 0 bridgehead atoms. The molecule has 0 fully saturated rings. The quantitative estimate of drug-likeness (QED) is 0.170. The van der Waals surface area contributed by atoms with E-state index in [0.29, 0.717) is 11.2 Å². The van der Waals surface area contributed by atoms with Gasteiger partial charge >= 0.3 is 0 Å². The van der Waals surface area contributed by atoms with Crippen LogP contribution in [-0.2, 0) is 0 Å². The molecule has 56 heavy (non-hydrogen) atoms. The summed E-state index contributed by atoms with van der Waals surface area (Å²) in [6, 6.07) is 50.0. The average Bonchev–Trinajstić information content (AvgIpc) is 4.10. The standard InChI is InChI=1S/C50H28S6/c1-3-7-27(8-4-1)29-11-13-31-21-41(51-39(31)19-29)33-15-17-35-43(23-33)53-49-37-25-46-38(26-45(37)55-47(35)49)50-48(56-46)36-18-16-34(24-44(36)54-50)42-22-32-14-12-30(20-40(32)52-42)28-9-5-2-6-10-28/h1-26,31,39H. The Bertz CT molecular complexity index is 3510. The Labute approximate surface area is 347 Å². The summed E-state index contributed by atoms with van der Waals surface area (Å²) in [5, 5.41) is 7.35. The zero-order valence-electron chi connectivity index (χ0n) is 29.6. The average molecular weight is 821 g/mol. The van der Waals surface area contributed by atoms with Gasteiger partial charge in [-0.05, 0) is 75.2 Å². The first-order chi connectivity index (χ1) is 27.7. The Morgan fingerprint density at radius 3 is 1.66 bits per heavy atom. The smallest absolute Gasteiger partial charge is 0.0542 e. The second-order valence-electron chi connectivity index (χ2n) is 14.8. The molecule has 6 heteroatoms. The summed E-state index contributed by atoms with van der Waals surface area (Å²) in [6.45, 7) is 0. The Morgan fingerprint density at radius 2 is 0.964 bits per heavy atom. The number of rotatable bonds is 4. The first-order valence-electron chi connectivity index (χ1n) is 18.8. The molecule has 0 N–H and O–H groups in total. The van der Waals surface area contributed by atoms with Gasteiger partial charge in [0.15, 0.2) is 0 Å². The van der Waals surface area contributed by atoms with E-state index in [1.54, 1.807) is 0 Å². The molecule has 0 saturated heterocycles. The van der Waals surface area contributed by atoms with Crippen molar-refractivity contribution in [2.24, 2.45) is 5.92 Å². The van der Waals surface area contributed by atoms with Crippen LogP contribution in [0.15, 0.2) is 158 Å². The van der Waals surface area contributed by atoms with E-state index in [1.807, 2.05) is 68.4 Å². The van der Waals surface area contributed by atoms with Crippen LogP contribution in [-0.4, -0.2) is 5.25 Å². The van der Waals surface area contributed by atoms with E-state index < -0.39 is 0 Å². The molecule has 1 aliphatic heterocycles. The van der Waals surface area contributed by atoms with Crippen molar-refractivity contribution in [1.82, 2.24) is 0 Å². The van der Waals surface area contributed by atoms with Crippen LogP contribution in [0.4, 0.5) is 0 Å². The summed E-state index contributed by atoms with van der Waals surface area (Å²) >= 11 is 11.8. The minimum absolute atomic E-state index is 0.451. The van der Waals surface area contributed by atoms with E-state index in [-0.39, 0.29) is 0 Å². The first-order valence-corrected chi connectivity index (χ1v) is 23.7. The van der Waals surface area contributed by atoms with E-state index in [9.17, 15) is 0 Å². The molecule has 0 spiro atoms. The highest BCUT2D eigenvalue weighted by Gasteiger charge is 2.29. The molecule has 2 atom stereocenters. The van der Waals surface area contributed by atoms with Crippen molar-refractivity contribution in [3.63, 3.8) is 0 Å². The van der Waals surface area contributed by atoms with Crippen molar-refractivity contribution in [3.05, 3.63) is 169 Å². The van der Waals surface area contributed by atoms with Gasteiger partial charge in [0.25, 0.3) is 0 Å². The molecule has 11 aromatic rings. The number of thiophene rings is 5. The molecule has 1 aliphatic carbocycles. The molecular weight excluding hydrogens is 793 g/mol. The lowest BCUT2D eigenvalue weighted by Gasteiger charge is -2.18. The summed E-state index contributed by atoms with van der Waals surface area (Å²) in [4.78, 5) is 2.73. The minimum Gasteiger partial charge on any atom is -0.135 e. The zero-order chi connectivity index (χ0) is 36.5. The highest BCUT2D eigenvalue weighted by Crippen LogP contribution is 2.52. The maximum absolute atomic E-state index is 2.49. The highest BCUT2D eigenvalue weighted by atomic mass is 32.2. The monoisotopic (exact) mass is 820 g/mol. The van der Waals surface area contributed by atoms with E-state index in [1.165, 1.54) is 112 Å². The zero-order valence-corrected chi connectivity index (χ0v) is 34.5. The summed E-state index contributed by atoms with van der Waals surface area (Å²) < 4.78 is 12.6. The van der Waals surface area contributed by atoms with Crippen molar-refractivity contribution in [3.8, 4) is 21.6 Å². The van der Waals surface area contributed by atoms with Crippen molar-refractivity contribution in [1.29, 1.82) is 0 Å². The van der Waals surface area contributed by atoms with E-state index in [0.717, 1.165) is 0 Å². The fraction of sp³-hybridized carbons (Fsp3) is 0.0400. The fourth-order valence-corrected chi connectivity index (χ4v) is 16.4. The molecule has 5 aromatic heterocycles. The van der Waals surface area contributed by atoms with Gasteiger partial charge in [-0.3, -0.25) is 0 Å². The number of fused-ring (bicyclic) bond motifs is 12. The molecule has 0 amide bonds. The lowest BCUT2D eigenvalue weighted by Crippen LogP contribution is -2.09. The van der Waals surface area contributed by atoms with Crippen LogP contribution >= 0.6 is 68.4 Å². The molecule has 6 aromatic carbocycles. The third-order valence-corrected chi connectivity index (χ3v) is 18.9. The third-order valence-electron chi connectivity index (χ3n) is 11.4. The molecule has 2 unspecified atom stereocenters.